The van der Waals surface area contributed by atoms with Crippen molar-refractivity contribution in [2.75, 3.05) is 4.90 Å². The third-order valence-electron chi connectivity index (χ3n) is 5.18. The number of hydrogen-bond acceptors (Lipinski definition) is 6. The first kappa shape index (κ1) is 21.7. The number of rotatable bonds is 6. The monoisotopic (exact) mass is 439 g/mol. The topological polar surface area (TPSA) is 85.0 Å². The number of anilines is 3. The van der Waals surface area contributed by atoms with Gasteiger partial charge in [0.2, 0.25) is 0 Å². The first-order valence-electron chi connectivity index (χ1n) is 10.3. The molecular formula is C26H21N3O4. The Labute approximate surface area is 190 Å². The number of carbonyl (C=O) groups is 1. The molecule has 4 rings (SSSR count). The van der Waals surface area contributed by atoms with Gasteiger partial charge in [-0.3, -0.25) is 10.1 Å². The summed E-state index contributed by atoms with van der Waals surface area (Å²) < 4.78 is 0. The van der Waals surface area contributed by atoms with Gasteiger partial charge in [-0.2, -0.15) is 0 Å². The van der Waals surface area contributed by atoms with Crippen molar-refractivity contribution in [3.63, 3.8) is 0 Å². The molecule has 0 aliphatic rings. The molecule has 0 saturated carbocycles. The zero-order valence-electron chi connectivity index (χ0n) is 18.1. The zero-order chi connectivity index (χ0) is 23.4. The maximum absolute atomic E-state index is 11.8. The second-order valence-corrected chi connectivity index (χ2v) is 7.39. The van der Waals surface area contributed by atoms with Gasteiger partial charge in [-0.05, 0) is 42.1 Å². The first-order chi connectivity index (χ1) is 16.0. The van der Waals surface area contributed by atoms with Crippen LogP contribution in [0, 0.1) is 10.1 Å². The molecule has 0 bridgehead atoms. The average molecular weight is 439 g/mol. The molecule has 0 saturated heterocycles. The van der Waals surface area contributed by atoms with Gasteiger partial charge in [0.25, 0.3) is 5.69 Å². The van der Waals surface area contributed by atoms with Crippen molar-refractivity contribution >= 4 is 45.2 Å². The van der Waals surface area contributed by atoms with E-state index in [4.69, 9.17) is 4.84 Å². The summed E-state index contributed by atoms with van der Waals surface area (Å²) in [6.45, 7) is 3.02. The molecule has 0 fully saturated rings. The Balaban J connectivity index is 1.89. The van der Waals surface area contributed by atoms with E-state index in [0.717, 1.165) is 27.7 Å². The highest BCUT2D eigenvalue weighted by atomic mass is 16.7. The second-order valence-electron chi connectivity index (χ2n) is 7.39. The van der Waals surface area contributed by atoms with Gasteiger partial charge < -0.3 is 9.74 Å². The highest BCUT2D eigenvalue weighted by molar-refractivity contribution is 6.01. The van der Waals surface area contributed by atoms with Crippen LogP contribution in [-0.4, -0.2) is 16.6 Å². The maximum atomic E-state index is 11.8. The fraction of sp³-hybridized carbons (Fsp3) is 0.0769. The fourth-order valence-corrected chi connectivity index (χ4v) is 3.66. The van der Waals surface area contributed by atoms with Gasteiger partial charge in [0.15, 0.2) is 0 Å². The Hall–Kier alpha value is -4.52. The van der Waals surface area contributed by atoms with Crippen molar-refractivity contribution in [2.24, 2.45) is 5.16 Å². The Morgan fingerprint density at radius 3 is 2.21 bits per heavy atom. The van der Waals surface area contributed by atoms with Crippen molar-refractivity contribution in [3.05, 3.63) is 107 Å². The van der Waals surface area contributed by atoms with E-state index in [9.17, 15) is 14.9 Å². The molecule has 0 unspecified atom stereocenters. The smallest absolute Gasteiger partial charge is 0.318 e. The molecule has 0 radical (unpaired) electrons. The lowest BCUT2D eigenvalue weighted by Gasteiger charge is -2.26. The van der Waals surface area contributed by atoms with Crippen LogP contribution >= 0.6 is 0 Å². The van der Waals surface area contributed by atoms with Gasteiger partial charge in [0.1, 0.15) is 5.69 Å². The molecule has 33 heavy (non-hydrogen) atoms. The molecule has 4 aromatic carbocycles. The summed E-state index contributed by atoms with van der Waals surface area (Å²) in [7, 11) is 0. The minimum atomic E-state index is -0.496. The molecule has 0 amide bonds. The van der Waals surface area contributed by atoms with Crippen LogP contribution < -0.4 is 4.90 Å². The first-order valence-corrected chi connectivity index (χ1v) is 10.3. The van der Waals surface area contributed by atoms with Crippen molar-refractivity contribution < 1.29 is 14.6 Å². The molecule has 0 aliphatic heterocycles. The van der Waals surface area contributed by atoms with Crippen molar-refractivity contribution in [2.45, 2.75) is 13.8 Å². The number of para-hydroxylation sites is 2. The number of nitro benzene ring substituents is 1. The van der Waals surface area contributed by atoms with Crippen LogP contribution in [0.15, 0.2) is 96.2 Å². The molecule has 0 spiro atoms. The summed E-state index contributed by atoms with van der Waals surface area (Å²) >= 11 is 0. The zero-order valence-corrected chi connectivity index (χ0v) is 18.1. The summed E-state index contributed by atoms with van der Waals surface area (Å²) in [4.78, 5) is 29.1. The van der Waals surface area contributed by atoms with Crippen LogP contribution in [0.4, 0.5) is 22.7 Å². The lowest BCUT2D eigenvalue weighted by atomic mass is 10.1. The number of benzene rings is 4. The fourth-order valence-electron chi connectivity index (χ4n) is 3.66. The Morgan fingerprint density at radius 2 is 1.48 bits per heavy atom. The Bertz CT molecular complexity index is 1360. The van der Waals surface area contributed by atoms with Gasteiger partial charge >= 0.3 is 5.97 Å². The summed E-state index contributed by atoms with van der Waals surface area (Å²) in [6, 6.07) is 27.9. The molecule has 0 N–H and O–H groups in total. The van der Waals surface area contributed by atoms with Gasteiger partial charge in [-0.1, -0.05) is 65.8 Å². The largest absolute Gasteiger partial charge is 0.331 e. The quantitative estimate of drug-likeness (QED) is 0.148. The normalized spacial score (nSPS) is 11.3. The van der Waals surface area contributed by atoms with Crippen LogP contribution in [-0.2, 0) is 9.63 Å². The lowest BCUT2D eigenvalue weighted by Crippen LogP contribution is -2.12. The highest BCUT2D eigenvalue weighted by Gasteiger charge is 2.23. The number of nitrogens with zero attached hydrogens (tertiary/aromatic N) is 3. The molecule has 0 atom stereocenters. The molecule has 0 aliphatic carbocycles. The van der Waals surface area contributed by atoms with Gasteiger partial charge in [0, 0.05) is 24.1 Å². The Kier molecular flexibility index (Phi) is 6.13. The third kappa shape index (κ3) is 4.57. The second kappa shape index (κ2) is 9.32. The van der Waals surface area contributed by atoms with Crippen molar-refractivity contribution in [1.29, 1.82) is 0 Å². The molecular weight excluding hydrogens is 418 g/mol. The molecule has 164 valence electrons. The molecule has 7 nitrogen and oxygen atoms in total. The van der Waals surface area contributed by atoms with Crippen LogP contribution in [0.3, 0.4) is 0 Å². The number of hydrogen-bond donors (Lipinski definition) is 0. The summed E-state index contributed by atoms with van der Waals surface area (Å²) in [5.41, 5.74) is 3.32. The summed E-state index contributed by atoms with van der Waals surface area (Å²) in [5.74, 6) is -0.496. The number of nitro groups is 1. The van der Waals surface area contributed by atoms with Gasteiger partial charge in [0.05, 0.1) is 16.3 Å². The summed E-state index contributed by atoms with van der Waals surface area (Å²) in [6.07, 6.45) is 0. The minimum absolute atomic E-state index is 0.00196. The van der Waals surface area contributed by atoms with E-state index in [1.807, 2.05) is 71.6 Å². The molecule has 0 aromatic heterocycles. The van der Waals surface area contributed by atoms with Crippen LogP contribution in [0.5, 0.6) is 0 Å². The van der Waals surface area contributed by atoms with Crippen LogP contribution in [0.25, 0.3) is 10.8 Å². The van der Waals surface area contributed by atoms with Crippen molar-refractivity contribution in [1.82, 2.24) is 0 Å². The Morgan fingerprint density at radius 1 is 0.848 bits per heavy atom. The predicted octanol–water partition coefficient (Wildman–Crippen LogP) is 6.50. The SMILES string of the molecule is CC(=O)O/N=C(/C)c1ccc(N(c2ccccc2[N+](=O)[O-])c2cccc3ccccc23)cc1. The van der Waals surface area contributed by atoms with Gasteiger partial charge in [-0.25, -0.2) is 4.79 Å². The molecule has 0 heterocycles. The highest BCUT2D eigenvalue weighted by Crippen LogP contribution is 2.42. The molecule has 7 heteroatoms. The van der Waals surface area contributed by atoms with E-state index in [2.05, 4.69) is 5.16 Å². The van der Waals surface area contributed by atoms with Crippen LogP contribution in [0.2, 0.25) is 0 Å². The van der Waals surface area contributed by atoms with Crippen LogP contribution in [0.1, 0.15) is 19.4 Å². The number of carbonyl (C=O) groups excluding carboxylic acids is 1. The van der Waals surface area contributed by atoms with E-state index in [0.29, 0.717) is 11.4 Å². The van der Waals surface area contributed by atoms with E-state index in [1.165, 1.54) is 13.0 Å². The maximum Gasteiger partial charge on any atom is 0.331 e. The van der Waals surface area contributed by atoms with E-state index >= 15 is 0 Å². The van der Waals surface area contributed by atoms with Gasteiger partial charge in [-0.15, -0.1) is 0 Å². The third-order valence-corrected chi connectivity index (χ3v) is 5.18. The van der Waals surface area contributed by atoms with E-state index in [1.54, 1.807) is 25.1 Å². The predicted molar refractivity (Wildman–Crippen MR) is 129 cm³/mol. The van der Waals surface area contributed by atoms with E-state index in [-0.39, 0.29) is 10.6 Å². The number of fused-ring (bicyclic) bond motifs is 1. The average Bonchev–Trinajstić information content (AvgIpc) is 2.83. The van der Waals surface area contributed by atoms with E-state index < -0.39 is 5.97 Å². The number of oxime groups is 1. The summed E-state index contributed by atoms with van der Waals surface area (Å²) in [5, 5.41) is 17.7. The van der Waals surface area contributed by atoms with Crippen molar-refractivity contribution in [3.8, 4) is 0 Å². The lowest BCUT2D eigenvalue weighted by molar-refractivity contribution is -0.384. The standard InChI is InChI=1S/C26H21N3O4/c1-18(27-33-19(2)30)20-14-16-22(17-15-20)28(25-11-5-6-12-26(25)29(31)32)24-13-7-9-21-8-3-4-10-23(21)24/h3-17H,1-2H3/b27-18-. The molecule has 4 aromatic rings. The minimum Gasteiger partial charge on any atom is -0.318 e.